The number of alkyl halides is 6. The summed E-state index contributed by atoms with van der Waals surface area (Å²) in [5, 5.41) is 2.30. The van der Waals surface area contributed by atoms with Crippen LogP contribution in [-0.4, -0.2) is 52.1 Å². The first-order valence-electron chi connectivity index (χ1n) is 12.7. The van der Waals surface area contributed by atoms with Crippen molar-refractivity contribution in [2.45, 2.75) is 38.5 Å². The lowest BCUT2D eigenvalue weighted by Gasteiger charge is -2.22. The molecule has 0 saturated heterocycles. The molecule has 17 heteroatoms. The molecule has 1 atom stereocenters. The molecule has 1 N–H and O–H groups in total. The lowest BCUT2D eigenvalue weighted by atomic mass is 9.96. The third-order valence-corrected chi connectivity index (χ3v) is 6.70. The maximum absolute atomic E-state index is 12.7. The number of amides is 2. The molecule has 0 aliphatic heterocycles. The predicted molar refractivity (Wildman–Crippen MR) is 156 cm³/mol. The Morgan fingerprint density at radius 3 is 2.00 bits per heavy atom. The first kappa shape index (κ1) is 37.3. The molecule has 1 unspecified atom stereocenters. The Bertz CT molecular complexity index is 1350. The van der Waals surface area contributed by atoms with Crippen molar-refractivity contribution in [1.82, 2.24) is 19.8 Å². The van der Waals surface area contributed by atoms with Gasteiger partial charge in [-0.15, -0.1) is 0 Å². The number of nitrogens with zero attached hydrogens (tertiary/aromatic N) is 3. The van der Waals surface area contributed by atoms with Crippen molar-refractivity contribution in [3.05, 3.63) is 80.8 Å². The number of hydrogen-bond donors (Lipinski definition) is 1. The molecule has 1 aromatic heterocycles. The number of carbonyl (C=O) groups excluding carboxylic acids is 2. The average molecular weight is 710 g/mol. The SMILES string of the molecule is CC(CNC(=O)Cl)c1cc(C(F)(F)F)cc(C(F)(F)F)c1.CCCN(CCOc1c(Cl)cc(Cl)cc1Cl)C(=O)n1ccnc1. The average Bonchev–Trinajstić information content (AvgIpc) is 3.46. The van der Waals surface area contributed by atoms with Gasteiger partial charge in [0.15, 0.2) is 5.75 Å². The number of benzene rings is 2. The topological polar surface area (TPSA) is 76.5 Å². The van der Waals surface area contributed by atoms with E-state index in [0.717, 1.165) is 6.42 Å². The van der Waals surface area contributed by atoms with Crippen LogP contribution in [0.5, 0.6) is 5.75 Å². The minimum Gasteiger partial charge on any atom is -0.489 e. The molecule has 3 aromatic rings. The van der Waals surface area contributed by atoms with Crippen LogP contribution in [0.15, 0.2) is 49.1 Å². The van der Waals surface area contributed by atoms with Gasteiger partial charge in [-0.3, -0.25) is 9.36 Å². The van der Waals surface area contributed by atoms with Gasteiger partial charge in [-0.05, 0) is 59.8 Å². The molecule has 242 valence electrons. The molecular formula is C27H26Cl4F6N4O3. The fourth-order valence-electron chi connectivity index (χ4n) is 3.65. The third kappa shape index (κ3) is 11.6. The molecule has 0 spiro atoms. The largest absolute Gasteiger partial charge is 0.489 e. The Labute approximate surface area is 269 Å². The van der Waals surface area contributed by atoms with E-state index in [-0.39, 0.29) is 30.8 Å². The van der Waals surface area contributed by atoms with E-state index in [4.69, 9.17) is 51.1 Å². The number of aromatic nitrogens is 2. The molecule has 0 bridgehead atoms. The summed E-state index contributed by atoms with van der Waals surface area (Å²) in [6.07, 6.45) is -4.32. The van der Waals surface area contributed by atoms with Gasteiger partial charge >= 0.3 is 23.8 Å². The number of halogens is 10. The van der Waals surface area contributed by atoms with Crippen molar-refractivity contribution < 1.29 is 40.7 Å². The fraction of sp³-hybridized carbons (Fsp3) is 0.370. The molecule has 0 aliphatic rings. The summed E-state index contributed by atoms with van der Waals surface area (Å²) in [5.41, 5.74) is -2.98. The molecular weight excluding hydrogens is 684 g/mol. The van der Waals surface area contributed by atoms with Crippen LogP contribution in [0.1, 0.15) is 42.9 Å². The molecule has 0 aliphatic carbocycles. The summed E-state index contributed by atoms with van der Waals surface area (Å²) in [5.74, 6) is -0.402. The molecule has 44 heavy (non-hydrogen) atoms. The van der Waals surface area contributed by atoms with Crippen LogP contribution < -0.4 is 10.1 Å². The van der Waals surface area contributed by atoms with Gasteiger partial charge in [0.05, 0.1) is 27.7 Å². The standard InChI is InChI=1S/C15H16Cl3N3O2.C12H10ClF6NO/c1-2-4-20(15(22)21-5-3-19-10-21)6-7-23-14-12(17)8-11(16)9-13(14)18;1-6(5-20-10(13)21)7-2-8(11(14,15)16)4-9(3-7)12(17,18)19/h3,5,8-10H,2,4,6-7H2,1H3;2-4,6H,5H2,1H3,(H,20,21). The number of ether oxygens (including phenoxy) is 1. The first-order valence-corrected chi connectivity index (χ1v) is 14.2. The van der Waals surface area contributed by atoms with E-state index in [0.29, 0.717) is 46.0 Å². The van der Waals surface area contributed by atoms with Gasteiger partial charge in [0.1, 0.15) is 12.9 Å². The Balaban J connectivity index is 0.000000308. The van der Waals surface area contributed by atoms with Crippen LogP contribution >= 0.6 is 46.4 Å². The highest BCUT2D eigenvalue weighted by Crippen LogP contribution is 2.38. The minimum atomic E-state index is -4.90. The molecule has 3 rings (SSSR count). The Morgan fingerprint density at radius 2 is 1.55 bits per heavy atom. The Kier molecular flexibility index (Phi) is 13.9. The van der Waals surface area contributed by atoms with Crippen LogP contribution in [0, 0.1) is 0 Å². The molecule has 0 radical (unpaired) electrons. The van der Waals surface area contributed by atoms with Crippen molar-refractivity contribution in [3.8, 4) is 5.75 Å². The van der Waals surface area contributed by atoms with Gasteiger partial charge in [0.25, 0.3) is 0 Å². The minimum absolute atomic E-state index is 0.0519. The fourth-order valence-corrected chi connectivity index (χ4v) is 4.65. The molecule has 0 fully saturated rings. The maximum Gasteiger partial charge on any atom is 0.416 e. The highest BCUT2D eigenvalue weighted by molar-refractivity contribution is 6.62. The Hall–Kier alpha value is -2.87. The van der Waals surface area contributed by atoms with E-state index in [9.17, 15) is 35.9 Å². The first-order chi connectivity index (χ1) is 20.4. The molecule has 7 nitrogen and oxygen atoms in total. The maximum atomic E-state index is 12.7. The van der Waals surface area contributed by atoms with Crippen LogP contribution in [0.2, 0.25) is 15.1 Å². The number of imidazole rings is 1. The van der Waals surface area contributed by atoms with Crippen LogP contribution in [0.3, 0.4) is 0 Å². The van der Waals surface area contributed by atoms with Crippen LogP contribution in [-0.2, 0) is 12.4 Å². The van der Waals surface area contributed by atoms with Gasteiger partial charge in [0.2, 0.25) is 0 Å². The quantitative estimate of drug-likeness (QED) is 0.137. The monoisotopic (exact) mass is 708 g/mol. The van der Waals surface area contributed by atoms with Crippen molar-refractivity contribution in [1.29, 1.82) is 0 Å². The lowest BCUT2D eigenvalue weighted by Crippen LogP contribution is -2.37. The zero-order chi connectivity index (χ0) is 33.2. The molecule has 0 saturated carbocycles. The molecule has 2 aromatic carbocycles. The van der Waals surface area contributed by atoms with E-state index in [2.05, 4.69) is 10.3 Å². The van der Waals surface area contributed by atoms with Crippen molar-refractivity contribution >= 4 is 57.8 Å². The lowest BCUT2D eigenvalue weighted by molar-refractivity contribution is -0.143. The van der Waals surface area contributed by atoms with E-state index < -0.39 is 34.8 Å². The van der Waals surface area contributed by atoms with Crippen molar-refractivity contribution in [2.24, 2.45) is 0 Å². The molecule has 1 heterocycles. The number of hydrogen-bond acceptors (Lipinski definition) is 4. The van der Waals surface area contributed by atoms with E-state index in [1.807, 2.05) is 6.92 Å². The van der Waals surface area contributed by atoms with Gasteiger partial charge < -0.3 is 15.0 Å². The van der Waals surface area contributed by atoms with E-state index >= 15 is 0 Å². The highest BCUT2D eigenvalue weighted by atomic mass is 35.5. The molecule has 2 amide bonds. The van der Waals surface area contributed by atoms with E-state index in [1.54, 1.807) is 29.4 Å². The van der Waals surface area contributed by atoms with Crippen molar-refractivity contribution in [2.75, 3.05) is 26.2 Å². The second-order valence-corrected chi connectivity index (χ2v) is 10.8. The highest BCUT2D eigenvalue weighted by Gasteiger charge is 2.37. The van der Waals surface area contributed by atoms with E-state index in [1.165, 1.54) is 17.8 Å². The summed E-state index contributed by atoms with van der Waals surface area (Å²) in [6, 6.07) is 4.27. The van der Waals surface area contributed by atoms with Crippen LogP contribution in [0.25, 0.3) is 0 Å². The summed E-state index contributed by atoms with van der Waals surface area (Å²) in [4.78, 5) is 28.4. The summed E-state index contributed by atoms with van der Waals surface area (Å²) < 4.78 is 83.0. The van der Waals surface area contributed by atoms with Crippen molar-refractivity contribution in [3.63, 3.8) is 0 Å². The smallest absolute Gasteiger partial charge is 0.416 e. The second kappa shape index (κ2) is 16.4. The zero-order valence-electron chi connectivity index (χ0n) is 23.1. The Morgan fingerprint density at radius 1 is 0.977 bits per heavy atom. The number of rotatable bonds is 9. The number of nitrogens with one attached hydrogen (secondary N) is 1. The normalized spacial score (nSPS) is 12.2. The van der Waals surface area contributed by atoms with Gasteiger partial charge in [0, 0.05) is 30.5 Å². The zero-order valence-corrected chi connectivity index (χ0v) is 26.1. The number of carbonyl (C=O) groups is 2. The summed E-state index contributed by atoms with van der Waals surface area (Å²) in [7, 11) is 0. The summed E-state index contributed by atoms with van der Waals surface area (Å²) in [6.45, 7) is 4.48. The third-order valence-electron chi connectivity index (χ3n) is 5.79. The van der Waals surface area contributed by atoms with Gasteiger partial charge in [-0.25, -0.2) is 9.78 Å². The van der Waals surface area contributed by atoms with Crippen LogP contribution in [0.4, 0.5) is 35.9 Å². The second-order valence-electron chi connectivity index (χ2n) is 9.18. The summed E-state index contributed by atoms with van der Waals surface area (Å²) >= 11 is 23.0. The van der Waals surface area contributed by atoms with Gasteiger partial charge in [-0.2, -0.15) is 26.3 Å². The van der Waals surface area contributed by atoms with Gasteiger partial charge in [-0.1, -0.05) is 48.7 Å². The predicted octanol–water partition coefficient (Wildman–Crippen LogP) is 9.38.